The number of fused-ring (bicyclic) bond motifs is 1. The van der Waals surface area contributed by atoms with Gasteiger partial charge in [0, 0.05) is 35.8 Å². The van der Waals surface area contributed by atoms with Gasteiger partial charge in [0.25, 0.3) is 11.8 Å². The van der Waals surface area contributed by atoms with Crippen molar-refractivity contribution in [3.8, 4) is 0 Å². The lowest BCUT2D eigenvalue weighted by Crippen LogP contribution is -2.71. The summed E-state index contributed by atoms with van der Waals surface area (Å²) in [6, 6.07) is 4.72. The van der Waals surface area contributed by atoms with Crippen molar-refractivity contribution in [1.29, 1.82) is 0 Å². The van der Waals surface area contributed by atoms with Gasteiger partial charge in [0.2, 0.25) is 0 Å². The summed E-state index contributed by atoms with van der Waals surface area (Å²) in [7, 11) is 1.28. The molecule has 0 radical (unpaired) electrons. The van der Waals surface area contributed by atoms with Crippen molar-refractivity contribution < 1.29 is 28.9 Å². The van der Waals surface area contributed by atoms with Crippen molar-refractivity contribution >= 4 is 51.7 Å². The number of carboxylic acids is 1. The highest BCUT2D eigenvalue weighted by molar-refractivity contribution is 8.00. The zero-order valence-corrected chi connectivity index (χ0v) is 19.3. The Hall–Kier alpha value is -3.45. The molecule has 0 aliphatic carbocycles. The molecule has 1 fully saturated rings. The molecule has 2 aliphatic rings. The lowest BCUT2D eigenvalue weighted by atomic mass is 10.0. The fourth-order valence-corrected chi connectivity index (χ4v) is 5.52. The number of β-lactam (4-membered cyclic amide) rings is 1. The number of nitrogen functional groups attached to an aromatic ring is 1. The fourth-order valence-electron chi connectivity index (χ4n) is 3.64. The number of aryl methyl sites for hydroxylation is 1. The zero-order chi connectivity index (χ0) is 23.7. The lowest BCUT2D eigenvalue weighted by Gasteiger charge is -2.50. The first-order valence-electron chi connectivity index (χ1n) is 9.78. The van der Waals surface area contributed by atoms with Crippen molar-refractivity contribution in [2.24, 2.45) is 5.16 Å². The van der Waals surface area contributed by atoms with Crippen LogP contribution in [0.2, 0.25) is 0 Å². The van der Waals surface area contributed by atoms with E-state index in [4.69, 9.17) is 10.6 Å². The Morgan fingerprint density at radius 3 is 2.88 bits per heavy atom. The number of thioether (sulfide) groups is 1. The molecule has 2 aromatic rings. The number of anilines is 1. The van der Waals surface area contributed by atoms with Gasteiger partial charge in [-0.3, -0.25) is 14.5 Å². The fraction of sp³-hybridized carbons (Fsp3) is 0.300. The highest BCUT2D eigenvalue weighted by Gasteiger charge is 2.53. The van der Waals surface area contributed by atoms with E-state index < -0.39 is 29.2 Å². The number of amides is 2. The van der Waals surface area contributed by atoms with Gasteiger partial charge >= 0.3 is 0 Å². The minimum Gasteiger partial charge on any atom is -0.543 e. The predicted molar refractivity (Wildman–Crippen MR) is 119 cm³/mol. The molecule has 2 aromatic heterocycles. The van der Waals surface area contributed by atoms with E-state index in [9.17, 15) is 19.5 Å². The van der Waals surface area contributed by atoms with Crippen LogP contribution in [0.25, 0.3) is 0 Å². The SMILES string of the molecule is CO/N=C(\C(=O)N[C@@H]1C(=O)N2C(C(=O)[O-])=C(C[n+]3ccccc3C)CS[C@H]12)c1csc(N)n1. The number of pyridine rings is 1. The molecule has 3 N–H and O–H groups in total. The van der Waals surface area contributed by atoms with Crippen LogP contribution in [-0.2, 0) is 25.8 Å². The molecule has 0 bridgehead atoms. The normalized spacial score (nSPS) is 20.2. The molecule has 13 heteroatoms. The number of aliphatic carboxylic acids is 1. The minimum atomic E-state index is -1.43. The van der Waals surface area contributed by atoms with Crippen molar-refractivity contribution in [3.05, 3.63) is 52.4 Å². The third-order valence-corrected chi connectivity index (χ3v) is 7.23. The van der Waals surface area contributed by atoms with Crippen LogP contribution in [0.1, 0.15) is 11.4 Å². The largest absolute Gasteiger partial charge is 0.543 e. The Morgan fingerprint density at radius 1 is 1.45 bits per heavy atom. The van der Waals surface area contributed by atoms with Gasteiger partial charge in [0.1, 0.15) is 24.2 Å². The second-order valence-electron chi connectivity index (χ2n) is 7.26. The molecule has 11 nitrogen and oxygen atoms in total. The maximum atomic E-state index is 12.9. The number of carboxylic acid groups (broad SMARTS) is 1. The monoisotopic (exact) mass is 488 g/mol. The first kappa shape index (κ1) is 22.7. The highest BCUT2D eigenvalue weighted by atomic mass is 32.2. The minimum absolute atomic E-state index is 0.134. The van der Waals surface area contributed by atoms with Crippen molar-refractivity contribution in [3.63, 3.8) is 0 Å². The van der Waals surface area contributed by atoms with Gasteiger partial charge in [-0.15, -0.1) is 23.1 Å². The Bertz CT molecular complexity index is 1190. The first-order valence-corrected chi connectivity index (χ1v) is 11.7. The summed E-state index contributed by atoms with van der Waals surface area (Å²) < 4.78 is 1.90. The molecule has 172 valence electrons. The topological polar surface area (TPSA) is 154 Å². The van der Waals surface area contributed by atoms with Crippen molar-refractivity contribution in [2.45, 2.75) is 24.9 Å². The predicted octanol–water partition coefficient (Wildman–Crippen LogP) is -1.22. The highest BCUT2D eigenvalue weighted by Crippen LogP contribution is 2.40. The molecule has 0 saturated carbocycles. The van der Waals surface area contributed by atoms with Gasteiger partial charge in [-0.1, -0.05) is 11.2 Å². The van der Waals surface area contributed by atoms with E-state index in [2.05, 4.69) is 15.5 Å². The number of nitrogens with zero attached hydrogens (tertiary/aromatic N) is 4. The smallest absolute Gasteiger partial charge is 0.276 e. The van der Waals surface area contributed by atoms with Gasteiger partial charge in [-0.25, -0.2) is 4.98 Å². The van der Waals surface area contributed by atoms with E-state index in [1.807, 2.05) is 35.9 Å². The molecule has 0 unspecified atom stereocenters. The number of oxime groups is 1. The van der Waals surface area contributed by atoms with Crippen molar-refractivity contribution in [1.82, 2.24) is 15.2 Å². The summed E-state index contributed by atoms with van der Waals surface area (Å²) in [6.07, 6.45) is 1.84. The van der Waals surface area contributed by atoms with E-state index >= 15 is 0 Å². The molecule has 2 atom stereocenters. The van der Waals surface area contributed by atoms with Crippen LogP contribution in [0.4, 0.5) is 5.13 Å². The number of hydrogen-bond acceptors (Lipinski definition) is 10. The second kappa shape index (κ2) is 9.19. The molecule has 0 aromatic carbocycles. The summed E-state index contributed by atoms with van der Waals surface area (Å²) in [6.45, 7) is 2.22. The lowest BCUT2D eigenvalue weighted by molar-refractivity contribution is -0.695. The molecule has 2 amide bonds. The summed E-state index contributed by atoms with van der Waals surface area (Å²) in [5.74, 6) is -2.28. The standard InChI is InChI=1S/C20H20N6O5S2/c1-10-5-3-4-6-25(10)7-11-8-32-18-14(17(28)26(18)15(11)19(29)30)23-16(27)13(24-31-2)12-9-33-20(21)22-12/h3-6,9,14,18H,7-8H2,1-2H3,(H3-,21,22,23,27,29,30)/b24-13-/t14-,18-/m1/s1. The molecular weight excluding hydrogens is 468 g/mol. The van der Waals surface area contributed by atoms with E-state index in [1.165, 1.54) is 23.8 Å². The summed E-state index contributed by atoms with van der Waals surface area (Å²) >= 11 is 2.50. The van der Waals surface area contributed by atoms with Crippen LogP contribution in [-0.4, -0.2) is 57.7 Å². The van der Waals surface area contributed by atoms with Crippen molar-refractivity contribution in [2.75, 3.05) is 18.6 Å². The number of carbonyl (C=O) groups excluding carboxylic acids is 3. The van der Waals surface area contributed by atoms with E-state index in [-0.39, 0.29) is 22.2 Å². The summed E-state index contributed by atoms with van der Waals surface area (Å²) in [5.41, 5.74) is 7.07. The van der Waals surface area contributed by atoms with Gasteiger partial charge in [0.05, 0.1) is 11.7 Å². The number of nitrogens with one attached hydrogen (secondary N) is 1. The average molecular weight is 489 g/mol. The number of nitrogens with two attached hydrogens (primary N) is 1. The maximum absolute atomic E-state index is 12.9. The Balaban J connectivity index is 1.54. The van der Waals surface area contributed by atoms with Gasteiger partial charge < -0.3 is 25.8 Å². The maximum Gasteiger partial charge on any atom is 0.276 e. The zero-order valence-electron chi connectivity index (χ0n) is 17.7. The van der Waals surface area contributed by atoms with Crippen LogP contribution in [0.15, 0.2) is 46.2 Å². The second-order valence-corrected chi connectivity index (χ2v) is 9.26. The number of thiazole rings is 1. The molecular formula is C20H20N6O5S2. The number of carbonyl (C=O) groups is 3. The van der Waals surface area contributed by atoms with E-state index in [0.717, 1.165) is 17.0 Å². The Labute approximate surface area is 196 Å². The van der Waals surface area contributed by atoms with Gasteiger partial charge in [-0.05, 0) is 0 Å². The first-order chi connectivity index (χ1) is 15.8. The number of aromatic nitrogens is 2. The van der Waals surface area contributed by atoms with Crippen LogP contribution in [0.5, 0.6) is 0 Å². The quantitative estimate of drug-likeness (QED) is 0.213. The molecule has 0 spiro atoms. The third-order valence-electron chi connectivity index (χ3n) is 5.22. The molecule has 4 heterocycles. The van der Waals surface area contributed by atoms with Crippen LogP contribution in [0.3, 0.4) is 0 Å². The van der Waals surface area contributed by atoms with Crippen LogP contribution < -0.4 is 20.7 Å². The van der Waals surface area contributed by atoms with Crippen LogP contribution in [0, 0.1) is 6.92 Å². The van der Waals surface area contributed by atoms with Gasteiger partial charge in [0.15, 0.2) is 29.3 Å². The summed E-state index contributed by atoms with van der Waals surface area (Å²) in [5, 5.41) is 19.5. The Kier molecular flexibility index (Phi) is 6.33. The Morgan fingerprint density at radius 2 is 2.24 bits per heavy atom. The average Bonchev–Trinajstić information content (AvgIpc) is 3.22. The third kappa shape index (κ3) is 4.28. The van der Waals surface area contributed by atoms with E-state index in [1.54, 1.807) is 5.38 Å². The van der Waals surface area contributed by atoms with Crippen LogP contribution >= 0.6 is 23.1 Å². The van der Waals surface area contributed by atoms with E-state index in [0.29, 0.717) is 17.9 Å². The number of rotatable bonds is 7. The van der Waals surface area contributed by atoms with Gasteiger partial charge in [-0.2, -0.15) is 4.57 Å². The summed E-state index contributed by atoms with van der Waals surface area (Å²) in [4.78, 5) is 47.6. The molecule has 1 saturated heterocycles. The molecule has 4 rings (SSSR count). The molecule has 33 heavy (non-hydrogen) atoms. The number of hydrogen-bond donors (Lipinski definition) is 2. The molecule has 2 aliphatic heterocycles.